The van der Waals surface area contributed by atoms with Gasteiger partial charge in [-0.1, -0.05) is 32.9 Å². The van der Waals surface area contributed by atoms with Gasteiger partial charge in [-0.3, -0.25) is 14.2 Å². The zero-order chi connectivity index (χ0) is 20.3. The number of nitrogens with zero attached hydrogens (tertiary/aromatic N) is 3. The van der Waals surface area contributed by atoms with Gasteiger partial charge >= 0.3 is 5.97 Å². The molecule has 2 bridgehead atoms. The van der Waals surface area contributed by atoms with Crippen molar-refractivity contribution < 1.29 is 9.90 Å². The van der Waals surface area contributed by atoms with Crippen molar-refractivity contribution in [1.82, 2.24) is 9.55 Å². The van der Waals surface area contributed by atoms with E-state index in [2.05, 4.69) is 25.7 Å². The van der Waals surface area contributed by atoms with Gasteiger partial charge in [-0.05, 0) is 48.6 Å². The van der Waals surface area contributed by atoms with Gasteiger partial charge in [0.15, 0.2) is 0 Å². The average molecular weight is 383 g/mol. The lowest BCUT2D eigenvalue weighted by atomic mass is 9.65. The predicted molar refractivity (Wildman–Crippen MR) is 110 cm³/mol. The number of anilines is 1. The van der Waals surface area contributed by atoms with Crippen LogP contribution in [-0.2, 0) is 11.3 Å². The number of rotatable bonds is 4. The van der Waals surface area contributed by atoms with Gasteiger partial charge in [0.25, 0.3) is 5.56 Å². The molecule has 1 aliphatic heterocycles. The highest BCUT2D eigenvalue weighted by molar-refractivity contribution is 5.82. The van der Waals surface area contributed by atoms with Crippen LogP contribution < -0.4 is 10.5 Å². The molecule has 2 fully saturated rings. The lowest BCUT2D eigenvalue weighted by Gasteiger charge is -2.39. The molecular formula is C22H29N3O3. The van der Waals surface area contributed by atoms with Crippen LogP contribution in [0.1, 0.15) is 52.0 Å². The molecule has 1 N–H and O–H groups in total. The smallest absolute Gasteiger partial charge is 0.305 e. The second-order valence-electron chi connectivity index (χ2n) is 9.83. The van der Waals surface area contributed by atoms with Crippen molar-refractivity contribution in [3.8, 4) is 0 Å². The molecule has 1 saturated heterocycles. The van der Waals surface area contributed by atoms with Gasteiger partial charge in [-0.15, -0.1) is 0 Å². The summed E-state index contributed by atoms with van der Waals surface area (Å²) in [6.45, 7) is 9.92. The van der Waals surface area contributed by atoms with Crippen LogP contribution in [0.3, 0.4) is 0 Å². The maximum Gasteiger partial charge on any atom is 0.305 e. The second-order valence-corrected chi connectivity index (χ2v) is 9.83. The number of aryl methyl sites for hydroxylation is 1. The molecule has 6 heteroatoms. The van der Waals surface area contributed by atoms with Gasteiger partial charge in [0.1, 0.15) is 0 Å². The number of carbonyl (C=O) groups is 1. The minimum absolute atomic E-state index is 0.0901. The van der Waals surface area contributed by atoms with E-state index in [9.17, 15) is 14.7 Å². The topological polar surface area (TPSA) is 75.4 Å². The molecule has 2 atom stereocenters. The number of hydrogen-bond donors (Lipinski definition) is 1. The molecule has 1 aliphatic carbocycles. The number of aromatic nitrogens is 2. The van der Waals surface area contributed by atoms with Crippen LogP contribution in [0.15, 0.2) is 23.0 Å². The summed E-state index contributed by atoms with van der Waals surface area (Å²) in [6, 6.07) is 5.94. The predicted octanol–water partition coefficient (Wildman–Crippen LogP) is 3.58. The molecule has 0 amide bonds. The van der Waals surface area contributed by atoms with Crippen molar-refractivity contribution >= 4 is 22.8 Å². The van der Waals surface area contributed by atoms with Crippen LogP contribution in [0.25, 0.3) is 10.9 Å². The molecule has 150 valence electrons. The van der Waals surface area contributed by atoms with Gasteiger partial charge in [-0.25, -0.2) is 4.98 Å². The van der Waals surface area contributed by atoms with Gasteiger partial charge in [0.2, 0.25) is 5.95 Å². The monoisotopic (exact) mass is 383 g/mol. The van der Waals surface area contributed by atoms with Crippen LogP contribution in [0, 0.1) is 17.8 Å². The maximum absolute atomic E-state index is 13.3. The zero-order valence-corrected chi connectivity index (χ0v) is 17.2. The molecule has 6 nitrogen and oxygen atoms in total. The van der Waals surface area contributed by atoms with Crippen molar-refractivity contribution in [3.63, 3.8) is 0 Å². The standard InChI is InChI=1S/C22H29N3O3/c1-14-6-5-7-16-18(14)23-20(24(19(16)28)9-8-17(26)27)25-13-22(4)11-15(25)10-21(2,3)12-22/h5-7,15H,8-13H2,1-4H3,(H,26,27). The Balaban J connectivity index is 1.88. The summed E-state index contributed by atoms with van der Waals surface area (Å²) in [4.78, 5) is 31.7. The molecule has 1 saturated carbocycles. The highest BCUT2D eigenvalue weighted by Gasteiger charge is 2.50. The average Bonchev–Trinajstić information content (AvgIpc) is 2.83. The second kappa shape index (κ2) is 6.33. The van der Waals surface area contributed by atoms with E-state index in [0.717, 1.165) is 36.9 Å². The SMILES string of the molecule is Cc1cccc2c(=O)n(CCC(=O)O)c(N3CC4(C)CC3CC(C)(C)C4)nc12. The molecule has 1 aromatic heterocycles. The molecule has 4 rings (SSSR count). The minimum atomic E-state index is -0.907. The van der Waals surface area contributed by atoms with Crippen molar-refractivity contribution in [2.75, 3.05) is 11.4 Å². The number of para-hydroxylation sites is 1. The van der Waals surface area contributed by atoms with Crippen molar-refractivity contribution in [1.29, 1.82) is 0 Å². The summed E-state index contributed by atoms with van der Waals surface area (Å²) in [5.74, 6) is -0.269. The maximum atomic E-state index is 13.3. The van der Waals surface area contributed by atoms with E-state index in [1.54, 1.807) is 10.6 Å². The van der Waals surface area contributed by atoms with Crippen molar-refractivity contribution in [2.45, 2.75) is 66.0 Å². The lowest BCUT2D eigenvalue weighted by molar-refractivity contribution is -0.137. The Labute approximate surface area is 165 Å². The molecule has 2 heterocycles. The van der Waals surface area contributed by atoms with Crippen LogP contribution in [0.5, 0.6) is 0 Å². The van der Waals surface area contributed by atoms with Crippen LogP contribution in [-0.4, -0.2) is 33.2 Å². The number of hydrogen-bond acceptors (Lipinski definition) is 4. The molecule has 2 aromatic rings. The number of fused-ring (bicyclic) bond motifs is 3. The summed E-state index contributed by atoms with van der Waals surface area (Å²) in [6.07, 6.45) is 3.21. The molecule has 0 radical (unpaired) electrons. The quantitative estimate of drug-likeness (QED) is 0.873. The van der Waals surface area contributed by atoms with E-state index < -0.39 is 5.97 Å². The Morgan fingerprint density at radius 3 is 2.75 bits per heavy atom. The van der Waals surface area contributed by atoms with E-state index >= 15 is 0 Å². The first kappa shape index (κ1) is 19.0. The molecule has 0 spiro atoms. The number of carboxylic acid groups (broad SMARTS) is 1. The Morgan fingerprint density at radius 2 is 2.04 bits per heavy atom. The number of benzene rings is 1. The summed E-state index contributed by atoms with van der Waals surface area (Å²) in [5, 5.41) is 9.75. The van der Waals surface area contributed by atoms with Gasteiger partial charge in [-0.2, -0.15) is 0 Å². The lowest BCUT2D eigenvalue weighted by Crippen LogP contribution is -2.38. The summed E-state index contributed by atoms with van der Waals surface area (Å²) < 4.78 is 1.59. The Morgan fingerprint density at radius 1 is 1.29 bits per heavy atom. The summed E-state index contributed by atoms with van der Waals surface area (Å²) in [7, 11) is 0. The fraction of sp³-hybridized carbons (Fsp3) is 0.591. The van der Waals surface area contributed by atoms with Crippen molar-refractivity contribution in [2.24, 2.45) is 10.8 Å². The fourth-order valence-corrected chi connectivity index (χ4v) is 5.70. The third-order valence-corrected chi connectivity index (χ3v) is 6.39. The largest absolute Gasteiger partial charge is 0.481 e. The molecule has 2 unspecified atom stereocenters. The molecule has 1 aromatic carbocycles. The van der Waals surface area contributed by atoms with Crippen molar-refractivity contribution in [3.05, 3.63) is 34.1 Å². The fourth-order valence-electron chi connectivity index (χ4n) is 5.70. The van der Waals surface area contributed by atoms with E-state index in [1.807, 2.05) is 19.1 Å². The van der Waals surface area contributed by atoms with Gasteiger partial charge in [0.05, 0.1) is 17.3 Å². The minimum Gasteiger partial charge on any atom is -0.481 e. The Hall–Kier alpha value is -2.37. The highest BCUT2D eigenvalue weighted by Crippen LogP contribution is 2.53. The van der Waals surface area contributed by atoms with E-state index in [1.165, 1.54) is 0 Å². The molecule has 2 aliphatic rings. The van der Waals surface area contributed by atoms with Crippen LogP contribution in [0.2, 0.25) is 0 Å². The van der Waals surface area contributed by atoms with E-state index in [-0.39, 0.29) is 29.4 Å². The van der Waals surface area contributed by atoms with E-state index in [4.69, 9.17) is 4.98 Å². The first-order valence-corrected chi connectivity index (χ1v) is 10.1. The Bertz CT molecular complexity index is 1010. The van der Waals surface area contributed by atoms with Gasteiger partial charge < -0.3 is 10.0 Å². The summed E-state index contributed by atoms with van der Waals surface area (Å²) in [5.41, 5.74) is 2.00. The number of aliphatic carboxylic acids is 1. The first-order chi connectivity index (χ1) is 13.1. The number of carboxylic acids is 1. The van der Waals surface area contributed by atoms with E-state index in [0.29, 0.717) is 17.4 Å². The highest BCUT2D eigenvalue weighted by atomic mass is 16.4. The molecule has 28 heavy (non-hydrogen) atoms. The normalized spacial score (nSPS) is 26.0. The Kier molecular flexibility index (Phi) is 4.28. The first-order valence-electron chi connectivity index (χ1n) is 10.1. The third-order valence-electron chi connectivity index (χ3n) is 6.39. The summed E-state index contributed by atoms with van der Waals surface area (Å²) >= 11 is 0. The van der Waals surface area contributed by atoms with Gasteiger partial charge in [0, 0.05) is 19.1 Å². The molecular weight excluding hydrogens is 354 g/mol. The van der Waals surface area contributed by atoms with Crippen LogP contribution in [0.4, 0.5) is 5.95 Å². The third kappa shape index (κ3) is 3.19. The zero-order valence-electron chi connectivity index (χ0n) is 17.2. The van der Waals surface area contributed by atoms with Crippen LogP contribution >= 0.6 is 0 Å².